The van der Waals surface area contributed by atoms with Crippen molar-refractivity contribution < 1.29 is 28.3 Å². The minimum atomic E-state index is -2.65. The summed E-state index contributed by atoms with van der Waals surface area (Å²) in [5, 5.41) is 12.6. The van der Waals surface area contributed by atoms with Gasteiger partial charge in [-0.25, -0.2) is 4.79 Å². The molecular formula is C12H12F2N2O4S. The molecule has 0 aliphatic heterocycles. The highest BCUT2D eigenvalue weighted by Crippen LogP contribution is 2.31. The van der Waals surface area contributed by atoms with Gasteiger partial charge in [0.1, 0.15) is 0 Å². The van der Waals surface area contributed by atoms with Gasteiger partial charge in [-0.05, 0) is 12.1 Å². The lowest BCUT2D eigenvalue weighted by molar-refractivity contribution is -0.138. The topological polar surface area (TPSA) is 95.5 Å². The van der Waals surface area contributed by atoms with E-state index in [4.69, 9.17) is 5.11 Å². The number of carbonyl (C=O) groups excluding carboxylic acids is 2. The molecular weight excluding hydrogens is 306 g/mol. The monoisotopic (exact) mass is 318 g/mol. The van der Waals surface area contributed by atoms with Crippen molar-refractivity contribution in [2.45, 2.75) is 23.5 Å². The molecule has 3 amide bonds. The highest BCUT2D eigenvalue weighted by Gasteiger charge is 2.13. The molecule has 0 atom stereocenters. The number of thioether (sulfide) groups is 1. The Hall–Kier alpha value is -2.16. The van der Waals surface area contributed by atoms with E-state index in [9.17, 15) is 23.2 Å². The normalized spacial score (nSPS) is 10.2. The van der Waals surface area contributed by atoms with Gasteiger partial charge in [-0.15, -0.1) is 0 Å². The number of carboxylic acids is 1. The van der Waals surface area contributed by atoms with Crippen LogP contribution in [0.15, 0.2) is 29.2 Å². The fraction of sp³-hybridized carbons (Fsp3) is 0.250. The fourth-order valence-electron chi connectivity index (χ4n) is 1.33. The van der Waals surface area contributed by atoms with E-state index < -0.39 is 30.1 Å². The van der Waals surface area contributed by atoms with Gasteiger partial charge in [-0.3, -0.25) is 14.9 Å². The minimum Gasteiger partial charge on any atom is -0.481 e. The lowest BCUT2D eigenvalue weighted by atomic mass is 10.3. The van der Waals surface area contributed by atoms with E-state index in [1.54, 1.807) is 0 Å². The second kappa shape index (κ2) is 8.20. The van der Waals surface area contributed by atoms with Gasteiger partial charge in [0.2, 0.25) is 5.91 Å². The molecule has 1 rings (SSSR count). The fourth-order valence-corrected chi connectivity index (χ4v) is 1.93. The van der Waals surface area contributed by atoms with Crippen LogP contribution in [0.25, 0.3) is 0 Å². The number of nitrogens with one attached hydrogen (secondary N) is 2. The molecule has 1 aromatic carbocycles. The summed E-state index contributed by atoms with van der Waals surface area (Å²) in [6.45, 7) is 0. The molecule has 6 nitrogen and oxygen atoms in total. The van der Waals surface area contributed by atoms with Gasteiger partial charge < -0.3 is 10.4 Å². The van der Waals surface area contributed by atoms with Crippen LogP contribution in [0.2, 0.25) is 0 Å². The molecule has 0 spiro atoms. The maximum absolute atomic E-state index is 12.3. The van der Waals surface area contributed by atoms with Crippen LogP contribution in [-0.4, -0.2) is 28.8 Å². The molecule has 21 heavy (non-hydrogen) atoms. The lowest BCUT2D eigenvalue weighted by Gasteiger charge is -2.10. The van der Waals surface area contributed by atoms with E-state index in [-0.39, 0.29) is 28.8 Å². The Morgan fingerprint density at radius 3 is 2.48 bits per heavy atom. The molecule has 3 N–H and O–H groups in total. The van der Waals surface area contributed by atoms with Gasteiger partial charge >= 0.3 is 12.0 Å². The zero-order chi connectivity index (χ0) is 15.8. The summed E-state index contributed by atoms with van der Waals surface area (Å²) in [7, 11) is 0. The highest BCUT2D eigenvalue weighted by atomic mass is 32.2. The lowest BCUT2D eigenvalue weighted by Crippen LogP contribution is -2.34. The molecule has 0 aliphatic carbocycles. The molecule has 0 unspecified atom stereocenters. The third-order valence-electron chi connectivity index (χ3n) is 2.17. The van der Waals surface area contributed by atoms with Gasteiger partial charge in [-0.2, -0.15) is 8.78 Å². The molecule has 0 bridgehead atoms. The Labute approximate surface area is 122 Å². The summed E-state index contributed by atoms with van der Waals surface area (Å²) < 4.78 is 24.7. The van der Waals surface area contributed by atoms with Gasteiger partial charge in [-0.1, -0.05) is 23.9 Å². The SMILES string of the molecule is O=C(O)CCC(=O)NC(=O)Nc1ccccc1SC(F)F. The first-order valence-electron chi connectivity index (χ1n) is 5.75. The van der Waals surface area contributed by atoms with Crippen molar-refractivity contribution in [3.05, 3.63) is 24.3 Å². The number of alkyl halides is 2. The van der Waals surface area contributed by atoms with Crippen LogP contribution in [-0.2, 0) is 9.59 Å². The average molecular weight is 318 g/mol. The van der Waals surface area contributed by atoms with Crippen LogP contribution >= 0.6 is 11.8 Å². The minimum absolute atomic E-state index is 0.131. The molecule has 0 saturated heterocycles. The third kappa shape index (κ3) is 6.70. The van der Waals surface area contributed by atoms with Crippen molar-refractivity contribution >= 4 is 35.4 Å². The first kappa shape index (κ1) is 16.9. The molecule has 0 aromatic heterocycles. The number of aliphatic carboxylic acids is 1. The quantitative estimate of drug-likeness (QED) is 0.701. The maximum Gasteiger partial charge on any atom is 0.325 e. The number of rotatable bonds is 6. The van der Waals surface area contributed by atoms with Crippen LogP contribution in [0.3, 0.4) is 0 Å². The Morgan fingerprint density at radius 2 is 1.86 bits per heavy atom. The van der Waals surface area contributed by atoms with Crippen LogP contribution in [0.1, 0.15) is 12.8 Å². The first-order valence-corrected chi connectivity index (χ1v) is 6.63. The summed E-state index contributed by atoms with van der Waals surface area (Å²) in [5.74, 6) is -4.58. The van der Waals surface area contributed by atoms with E-state index >= 15 is 0 Å². The van der Waals surface area contributed by atoms with E-state index in [0.29, 0.717) is 0 Å². The molecule has 1 aromatic rings. The number of amides is 3. The molecule has 0 saturated carbocycles. The number of carboxylic acid groups (broad SMARTS) is 1. The third-order valence-corrected chi connectivity index (χ3v) is 2.96. The van der Waals surface area contributed by atoms with Crippen LogP contribution in [0, 0.1) is 0 Å². The van der Waals surface area contributed by atoms with Crippen LogP contribution in [0.5, 0.6) is 0 Å². The molecule has 0 fully saturated rings. The van der Waals surface area contributed by atoms with Crippen LogP contribution in [0.4, 0.5) is 19.3 Å². The number of anilines is 1. The number of hydrogen-bond donors (Lipinski definition) is 3. The second-order valence-corrected chi connectivity index (χ2v) is 4.80. The Kier molecular flexibility index (Phi) is 6.60. The number of para-hydroxylation sites is 1. The van der Waals surface area contributed by atoms with Crippen molar-refractivity contribution in [3.8, 4) is 0 Å². The van der Waals surface area contributed by atoms with Crippen LogP contribution < -0.4 is 10.6 Å². The predicted octanol–water partition coefficient (Wildman–Crippen LogP) is 2.51. The maximum atomic E-state index is 12.3. The zero-order valence-electron chi connectivity index (χ0n) is 10.6. The number of imide groups is 1. The summed E-state index contributed by atoms with van der Waals surface area (Å²) in [4.78, 5) is 33.2. The molecule has 0 radical (unpaired) electrons. The number of urea groups is 1. The van der Waals surface area contributed by atoms with Gasteiger partial charge in [0.05, 0.1) is 12.1 Å². The molecule has 9 heteroatoms. The van der Waals surface area contributed by atoms with E-state index in [1.807, 2.05) is 5.32 Å². The number of halogens is 2. The first-order chi connectivity index (χ1) is 9.88. The Balaban J connectivity index is 2.58. The van der Waals surface area contributed by atoms with Crippen molar-refractivity contribution in [1.82, 2.24) is 5.32 Å². The summed E-state index contributed by atoms with van der Waals surface area (Å²) >= 11 is 0.262. The summed E-state index contributed by atoms with van der Waals surface area (Å²) in [5.41, 5.74) is 0.131. The van der Waals surface area contributed by atoms with Gasteiger partial charge in [0.25, 0.3) is 5.76 Å². The van der Waals surface area contributed by atoms with Crippen molar-refractivity contribution in [2.75, 3.05) is 5.32 Å². The molecule has 0 aliphatic rings. The Bertz CT molecular complexity index is 540. The number of benzene rings is 1. The predicted molar refractivity (Wildman–Crippen MR) is 72.3 cm³/mol. The number of hydrogen-bond acceptors (Lipinski definition) is 4. The molecule has 114 valence electrons. The number of carbonyl (C=O) groups is 3. The molecule has 0 heterocycles. The van der Waals surface area contributed by atoms with Gasteiger partial charge in [0.15, 0.2) is 0 Å². The average Bonchev–Trinajstić information content (AvgIpc) is 2.38. The largest absolute Gasteiger partial charge is 0.481 e. The Morgan fingerprint density at radius 1 is 1.19 bits per heavy atom. The van der Waals surface area contributed by atoms with Crippen molar-refractivity contribution in [2.24, 2.45) is 0 Å². The van der Waals surface area contributed by atoms with Crippen molar-refractivity contribution in [3.63, 3.8) is 0 Å². The van der Waals surface area contributed by atoms with E-state index in [0.717, 1.165) is 0 Å². The smallest absolute Gasteiger partial charge is 0.325 e. The zero-order valence-corrected chi connectivity index (χ0v) is 11.5. The van der Waals surface area contributed by atoms with Crippen molar-refractivity contribution in [1.29, 1.82) is 0 Å². The van der Waals surface area contributed by atoms with E-state index in [1.165, 1.54) is 24.3 Å². The standard InChI is InChI=1S/C12H12F2N2O4S/c13-11(14)21-8-4-2-1-3-7(8)15-12(20)16-9(17)5-6-10(18)19/h1-4,11H,5-6H2,(H,18,19)(H2,15,16,17,20). The second-order valence-electron chi connectivity index (χ2n) is 3.77. The van der Waals surface area contributed by atoms with E-state index in [2.05, 4.69) is 5.32 Å². The highest BCUT2D eigenvalue weighted by molar-refractivity contribution is 7.99. The summed E-state index contributed by atoms with van der Waals surface area (Å²) in [6.07, 6.45) is -0.757. The van der Waals surface area contributed by atoms with Gasteiger partial charge in [0, 0.05) is 11.3 Å². The summed E-state index contributed by atoms with van der Waals surface area (Å²) in [6, 6.07) is 4.97.